The van der Waals surface area contributed by atoms with Gasteiger partial charge in [-0.25, -0.2) is 0 Å². The first-order valence-corrected chi connectivity index (χ1v) is 8.26. The summed E-state index contributed by atoms with van der Waals surface area (Å²) < 4.78 is 4.89. The summed E-state index contributed by atoms with van der Waals surface area (Å²) in [4.78, 5) is 19.2. The van der Waals surface area contributed by atoms with E-state index in [4.69, 9.17) is 4.52 Å². The lowest BCUT2D eigenvalue weighted by Gasteiger charge is -2.27. The normalized spacial score (nSPS) is 18.7. The van der Waals surface area contributed by atoms with Gasteiger partial charge in [-0.15, -0.1) is 0 Å². The summed E-state index contributed by atoms with van der Waals surface area (Å²) in [7, 11) is 0. The standard InChI is InChI=1S/C17H19N5O2/c1-11-6-7-13-12(9-11)15(20-19-13)17(23)22-8-4-2-3-5-14(22)16-18-10-24-21-16/h6-7,9-10,14H,2-5,8H2,1H3,(H,19,20)/t14-/m1/s1. The van der Waals surface area contributed by atoms with Gasteiger partial charge < -0.3 is 9.42 Å². The zero-order valence-corrected chi connectivity index (χ0v) is 13.5. The average molecular weight is 325 g/mol. The first kappa shape index (κ1) is 14.9. The van der Waals surface area contributed by atoms with Crippen LogP contribution in [0.15, 0.2) is 29.1 Å². The minimum absolute atomic E-state index is 0.0800. The smallest absolute Gasteiger partial charge is 0.275 e. The van der Waals surface area contributed by atoms with Gasteiger partial charge in [0, 0.05) is 11.9 Å². The van der Waals surface area contributed by atoms with Gasteiger partial charge in [-0.05, 0) is 31.9 Å². The van der Waals surface area contributed by atoms with Crippen LogP contribution >= 0.6 is 0 Å². The Kier molecular flexibility index (Phi) is 3.76. The van der Waals surface area contributed by atoms with Gasteiger partial charge in [0.2, 0.25) is 6.39 Å². The molecule has 1 saturated heterocycles. The van der Waals surface area contributed by atoms with Crippen molar-refractivity contribution >= 4 is 16.8 Å². The van der Waals surface area contributed by atoms with Gasteiger partial charge in [-0.2, -0.15) is 10.1 Å². The number of aromatic nitrogens is 4. The van der Waals surface area contributed by atoms with Crippen LogP contribution in [0.3, 0.4) is 0 Å². The highest BCUT2D eigenvalue weighted by Gasteiger charge is 2.32. The summed E-state index contributed by atoms with van der Waals surface area (Å²) >= 11 is 0. The maximum absolute atomic E-state index is 13.2. The molecular weight excluding hydrogens is 306 g/mol. The third-order valence-electron chi connectivity index (χ3n) is 4.61. The zero-order valence-electron chi connectivity index (χ0n) is 13.5. The highest BCUT2D eigenvalue weighted by atomic mass is 16.5. The molecule has 1 aliphatic heterocycles. The Bertz CT molecular complexity index is 855. The van der Waals surface area contributed by atoms with E-state index in [-0.39, 0.29) is 11.9 Å². The van der Waals surface area contributed by atoms with Gasteiger partial charge in [0.1, 0.15) is 0 Å². The number of carbonyl (C=O) groups excluding carboxylic acids is 1. The number of nitrogens with one attached hydrogen (secondary N) is 1. The molecular formula is C17H19N5O2. The third kappa shape index (κ3) is 2.55. The first-order valence-electron chi connectivity index (χ1n) is 8.26. The summed E-state index contributed by atoms with van der Waals surface area (Å²) in [5, 5.41) is 12.1. The number of rotatable bonds is 2. The van der Waals surface area contributed by atoms with Crippen molar-refractivity contribution in [3.05, 3.63) is 41.7 Å². The van der Waals surface area contributed by atoms with Crippen molar-refractivity contribution in [1.29, 1.82) is 0 Å². The molecule has 0 unspecified atom stereocenters. The fourth-order valence-corrected chi connectivity index (χ4v) is 3.37. The van der Waals surface area contributed by atoms with E-state index in [2.05, 4.69) is 20.3 Å². The van der Waals surface area contributed by atoms with Crippen molar-refractivity contribution in [3.63, 3.8) is 0 Å². The van der Waals surface area contributed by atoms with E-state index in [1.165, 1.54) is 6.39 Å². The van der Waals surface area contributed by atoms with Crippen LogP contribution in [0.2, 0.25) is 0 Å². The van der Waals surface area contributed by atoms with Gasteiger partial charge in [0.15, 0.2) is 11.5 Å². The summed E-state index contributed by atoms with van der Waals surface area (Å²) in [6.07, 6.45) is 5.27. The lowest BCUT2D eigenvalue weighted by Crippen LogP contribution is -2.35. The van der Waals surface area contributed by atoms with E-state index in [1.807, 2.05) is 30.0 Å². The van der Waals surface area contributed by atoms with Crippen LogP contribution in [0.5, 0.6) is 0 Å². The second kappa shape index (κ2) is 6.07. The molecule has 1 aliphatic rings. The second-order valence-electron chi connectivity index (χ2n) is 6.27. The molecule has 4 rings (SSSR count). The second-order valence-corrected chi connectivity index (χ2v) is 6.27. The van der Waals surface area contributed by atoms with Crippen LogP contribution in [0.25, 0.3) is 10.9 Å². The number of benzene rings is 1. The molecule has 0 saturated carbocycles. The van der Waals surface area contributed by atoms with E-state index in [1.54, 1.807) is 0 Å². The van der Waals surface area contributed by atoms with E-state index >= 15 is 0 Å². The summed E-state index contributed by atoms with van der Waals surface area (Å²) in [5.41, 5.74) is 2.43. The van der Waals surface area contributed by atoms with Crippen LogP contribution in [0.1, 0.15) is 53.6 Å². The average Bonchev–Trinajstić information content (AvgIpc) is 3.19. The number of H-pyrrole nitrogens is 1. The number of aryl methyl sites for hydroxylation is 1. The molecule has 1 atom stereocenters. The van der Waals surface area contributed by atoms with Crippen LogP contribution in [0.4, 0.5) is 0 Å². The van der Waals surface area contributed by atoms with E-state index in [0.717, 1.165) is 42.1 Å². The molecule has 7 heteroatoms. The maximum Gasteiger partial charge on any atom is 0.275 e. The van der Waals surface area contributed by atoms with Gasteiger partial charge in [0.25, 0.3) is 5.91 Å². The molecule has 0 spiro atoms. The zero-order chi connectivity index (χ0) is 16.5. The summed E-state index contributed by atoms with van der Waals surface area (Å²) in [5.74, 6) is 0.491. The van der Waals surface area contributed by atoms with E-state index < -0.39 is 0 Å². The quantitative estimate of drug-likeness (QED) is 0.782. The lowest BCUT2D eigenvalue weighted by atomic mass is 10.1. The third-order valence-corrected chi connectivity index (χ3v) is 4.61. The van der Waals surface area contributed by atoms with Crippen molar-refractivity contribution in [2.24, 2.45) is 0 Å². The van der Waals surface area contributed by atoms with Gasteiger partial charge in [-0.3, -0.25) is 9.89 Å². The van der Waals surface area contributed by atoms with Crippen molar-refractivity contribution in [2.45, 2.75) is 38.6 Å². The number of fused-ring (bicyclic) bond motifs is 1. The number of likely N-dealkylation sites (tertiary alicyclic amines) is 1. The number of carbonyl (C=O) groups is 1. The Morgan fingerprint density at radius 1 is 1.33 bits per heavy atom. The molecule has 3 aromatic rings. The first-order chi connectivity index (χ1) is 11.7. The van der Waals surface area contributed by atoms with Crippen LogP contribution in [-0.4, -0.2) is 37.7 Å². The summed E-state index contributed by atoms with van der Waals surface area (Å²) in [6, 6.07) is 5.79. The predicted molar refractivity (Wildman–Crippen MR) is 87.4 cm³/mol. The van der Waals surface area contributed by atoms with Gasteiger partial charge in [0.05, 0.1) is 11.6 Å². The topological polar surface area (TPSA) is 87.9 Å². The van der Waals surface area contributed by atoms with E-state index in [9.17, 15) is 4.79 Å². The highest BCUT2D eigenvalue weighted by Crippen LogP contribution is 2.30. The SMILES string of the molecule is Cc1ccc2[nH]nc(C(=O)N3CCCCC[C@@H]3c3ncon3)c2c1. The Morgan fingerprint density at radius 2 is 2.25 bits per heavy atom. The number of hydrogen-bond donors (Lipinski definition) is 1. The minimum atomic E-state index is -0.157. The van der Waals surface area contributed by atoms with Crippen LogP contribution in [0, 0.1) is 6.92 Å². The Morgan fingerprint density at radius 3 is 3.08 bits per heavy atom. The molecule has 124 valence electrons. The van der Waals surface area contributed by atoms with Crippen molar-refractivity contribution in [2.75, 3.05) is 6.54 Å². The molecule has 3 heterocycles. The van der Waals surface area contributed by atoms with Gasteiger partial charge >= 0.3 is 0 Å². The fourth-order valence-electron chi connectivity index (χ4n) is 3.37. The fraction of sp³-hybridized carbons (Fsp3) is 0.412. The molecule has 1 fully saturated rings. The predicted octanol–water partition coefficient (Wildman–Crippen LogP) is 3.01. The molecule has 1 amide bonds. The molecule has 24 heavy (non-hydrogen) atoms. The van der Waals surface area contributed by atoms with Crippen molar-refractivity contribution < 1.29 is 9.32 Å². The van der Waals surface area contributed by atoms with E-state index in [0.29, 0.717) is 18.1 Å². The van der Waals surface area contributed by atoms with Crippen molar-refractivity contribution in [1.82, 2.24) is 25.2 Å². The Hall–Kier alpha value is -2.70. The molecule has 7 nitrogen and oxygen atoms in total. The summed E-state index contributed by atoms with van der Waals surface area (Å²) in [6.45, 7) is 2.69. The monoisotopic (exact) mass is 325 g/mol. The number of hydrogen-bond acceptors (Lipinski definition) is 5. The Balaban J connectivity index is 1.73. The molecule has 0 bridgehead atoms. The molecule has 0 aliphatic carbocycles. The maximum atomic E-state index is 13.2. The minimum Gasteiger partial charge on any atom is -0.343 e. The molecule has 1 N–H and O–H groups in total. The van der Waals surface area contributed by atoms with Crippen LogP contribution in [-0.2, 0) is 0 Å². The van der Waals surface area contributed by atoms with Gasteiger partial charge in [-0.1, -0.05) is 29.6 Å². The van der Waals surface area contributed by atoms with Crippen molar-refractivity contribution in [3.8, 4) is 0 Å². The number of aromatic amines is 1. The van der Waals surface area contributed by atoms with Crippen LogP contribution < -0.4 is 0 Å². The lowest BCUT2D eigenvalue weighted by molar-refractivity contribution is 0.0666. The highest BCUT2D eigenvalue weighted by molar-refractivity contribution is 6.04. The molecule has 1 aromatic carbocycles. The Labute approximate surface area is 139 Å². The molecule has 2 aromatic heterocycles. The number of nitrogens with zero attached hydrogens (tertiary/aromatic N) is 4. The largest absolute Gasteiger partial charge is 0.343 e. The molecule has 0 radical (unpaired) electrons. The number of amides is 1.